The number of aromatic nitrogens is 2. The molecule has 19 nitrogen and oxygen atoms in total. The minimum absolute atomic E-state index is 0.0172. The Labute approximate surface area is 394 Å². The lowest BCUT2D eigenvalue weighted by Crippen LogP contribution is -2.36. The van der Waals surface area contributed by atoms with Crippen molar-refractivity contribution in [3.8, 4) is 0 Å². The molecule has 3 unspecified atom stereocenters. The minimum atomic E-state index is -5.44. The molecule has 0 amide bonds. The van der Waals surface area contributed by atoms with Gasteiger partial charge in [-0.05, 0) is 56.9 Å². The second kappa shape index (κ2) is 33.6. The number of hydrogen-bond donors (Lipinski definition) is 6. The first-order chi connectivity index (χ1) is 31.9. The van der Waals surface area contributed by atoms with E-state index in [1.54, 1.807) is 6.08 Å². The van der Waals surface area contributed by atoms with Crippen LogP contribution in [-0.4, -0.2) is 96.9 Å². The summed E-state index contributed by atoms with van der Waals surface area (Å²) in [4.78, 5) is 61.6. The van der Waals surface area contributed by atoms with Crippen molar-refractivity contribution in [2.45, 2.75) is 154 Å². The molecule has 0 aromatic carbocycles. The van der Waals surface area contributed by atoms with Crippen molar-refractivity contribution in [1.29, 1.82) is 0 Å². The highest BCUT2D eigenvalue weighted by molar-refractivity contribution is 7.61. The third-order valence-electron chi connectivity index (χ3n) is 9.83. The quantitative estimate of drug-likeness (QED) is 0.0127. The maximum absolute atomic E-state index is 12.8. The first kappa shape index (κ1) is 59.3. The third-order valence-corrected chi connectivity index (χ3v) is 12.4. The van der Waals surface area contributed by atoms with E-state index in [9.17, 15) is 48.6 Å². The van der Waals surface area contributed by atoms with Gasteiger partial charge in [0, 0.05) is 19.0 Å². The molecule has 7 N–H and O–H groups in total. The predicted molar refractivity (Wildman–Crippen MR) is 253 cm³/mol. The van der Waals surface area contributed by atoms with Gasteiger partial charge in [0.1, 0.15) is 30.7 Å². The number of anilines is 1. The van der Waals surface area contributed by atoms with Gasteiger partial charge in [0.25, 0.3) is 0 Å². The van der Waals surface area contributed by atoms with Crippen LogP contribution < -0.4 is 11.4 Å². The molecule has 67 heavy (non-hydrogen) atoms. The number of nitrogen functional groups attached to an aromatic ring is 1. The van der Waals surface area contributed by atoms with Gasteiger partial charge in [0.2, 0.25) is 0 Å². The minimum Gasteiger partial charge on any atom is -0.462 e. The summed E-state index contributed by atoms with van der Waals surface area (Å²) >= 11 is 0. The Bertz CT molecular complexity index is 1930. The van der Waals surface area contributed by atoms with Gasteiger partial charge < -0.3 is 45.1 Å². The SMILES string of the molecule is CC/C=C\CC(O)/C=C/C=C/C/C=C\C/C=C\C/C=C\CCC(=O)OC[C@H](COP(=O)(O)OP(=O)(O)OC[C@H]1O[C@@H](n2ccc(N)nc2=O)[C@H](O)[C@@H]1O)OC(=O)CCCCCCCCC(C)C. The summed E-state index contributed by atoms with van der Waals surface area (Å²) in [6, 6.07) is 1.24. The van der Waals surface area contributed by atoms with E-state index < -0.39 is 89.8 Å². The average Bonchev–Trinajstić information content (AvgIpc) is 3.54. The number of esters is 2. The summed E-state index contributed by atoms with van der Waals surface area (Å²) < 4.78 is 56.4. The number of rotatable bonds is 35. The zero-order chi connectivity index (χ0) is 49.5. The molecule has 0 aliphatic carbocycles. The molecule has 1 fully saturated rings. The third kappa shape index (κ3) is 27.7. The number of aliphatic hydroxyl groups is 3. The van der Waals surface area contributed by atoms with E-state index in [1.807, 2.05) is 73.8 Å². The zero-order valence-electron chi connectivity index (χ0n) is 38.9. The number of phosphoric ester groups is 2. The molecule has 8 atom stereocenters. The molecular formula is C46H73N3O16P2. The van der Waals surface area contributed by atoms with Gasteiger partial charge >= 0.3 is 33.3 Å². The van der Waals surface area contributed by atoms with Crippen molar-refractivity contribution in [3.63, 3.8) is 0 Å². The summed E-state index contributed by atoms with van der Waals surface area (Å²) in [6.45, 7) is 4.00. The fraction of sp³-hybridized carbons (Fsp3) is 0.609. The smallest absolute Gasteiger partial charge is 0.462 e. The second-order valence-electron chi connectivity index (χ2n) is 16.2. The number of ether oxygens (including phenoxy) is 3. The number of phosphoric acid groups is 2. The Kier molecular flexibility index (Phi) is 29.7. The number of unbranched alkanes of at least 4 members (excludes halogenated alkanes) is 5. The Morgan fingerprint density at radius 1 is 0.836 bits per heavy atom. The van der Waals surface area contributed by atoms with Crippen molar-refractivity contribution < 1.29 is 71.4 Å². The molecular weight excluding hydrogens is 912 g/mol. The molecule has 0 saturated carbocycles. The Morgan fingerprint density at radius 3 is 2.15 bits per heavy atom. The average molecular weight is 986 g/mol. The van der Waals surface area contributed by atoms with Crippen molar-refractivity contribution in [2.75, 3.05) is 25.6 Å². The number of hydrogen-bond acceptors (Lipinski definition) is 16. The number of aliphatic hydroxyl groups excluding tert-OH is 3. The van der Waals surface area contributed by atoms with Gasteiger partial charge in [-0.1, -0.05) is 132 Å². The zero-order valence-corrected chi connectivity index (χ0v) is 40.7. The highest BCUT2D eigenvalue weighted by atomic mass is 31.3. The summed E-state index contributed by atoms with van der Waals surface area (Å²) in [5.74, 6) is -0.790. The summed E-state index contributed by atoms with van der Waals surface area (Å²) in [5, 5.41) is 30.7. The number of carbonyl (C=O) groups is 2. The molecule has 1 aliphatic heterocycles. The second-order valence-corrected chi connectivity index (χ2v) is 19.2. The van der Waals surface area contributed by atoms with Crippen LogP contribution in [0, 0.1) is 5.92 Å². The Morgan fingerprint density at radius 2 is 1.48 bits per heavy atom. The van der Waals surface area contributed by atoms with Gasteiger partial charge in [0.15, 0.2) is 12.3 Å². The maximum Gasteiger partial charge on any atom is 0.481 e. The van der Waals surface area contributed by atoms with Crippen molar-refractivity contribution in [1.82, 2.24) is 9.55 Å². The molecule has 1 aliphatic rings. The molecule has 0 radical (unpaired) electrons. The molecule has 21 heteroatoms. The van der Waals surface area contributed by atoms with E-state index in [-0.39, 0.29) is 18.7 Å². The highest BCUT2D eigenvalue weighted by Gasteiger charge is 2.46. The molecule has 1 saturated heterocycles. The Hall–Kier alpha value is -3.84. The molecule has 1 aromatic rings. The van der Waals surface area contributed by atoms with Gasteiger partial charge in [-0.25, -0.2) is 13.9 Å². The lowest BCUT2D eigenvalue weighted by atomic mass is 10.0. The lowest BCUT2D eigenvalue weighted by molar-refractivity contribution is -0.161. The molecule has 378 valence electrons. The van der Waals surface area contributed by atoms with E-state index >= 15 is 0 Å². The number of allylic oxidation sites excluding steroid dienone is 10. The number of nitrogens with zero attached hydrogens (tertiary/aromatic N) is 2. The molecule has 0 bridgehead atoms. The van der Waals surface area contributed by atoms with Crippen LogP contribution >= 0.6 is 15.6 Å². The standard InChI is InChI=1S/C46H73N3O16P2/c1-4-5-21-27-37(50)28-23-18-13-11-9-7-6-8-10-12-14-19-24-29-41(51)60-33-38(63-42(52)30-25-20-16-15-17-22-26-36(2)3)34-61-66(56,57)65-67(58,59)62-35-39-43(53)44(54)45(64-39)49-32-31-40(47)48-46(49)55/h5,7-10,13-14,18-19,21,23,28,31-32,36-39,43-45,50,53-54H,4,6,11-12,15-17,20,22,24-27,29-30,33-35H2,1-3H3,(H,56,57)(H,58,59)(H2,47,48,55)/b9-7-,10-8-,18-13+,19-14-,21-5-,28-23+/t37?,38-,39-,43-,44-,45-/m1/s1. The predicted octanol–water partition coefficient (Wildman–Crippen LogP) is 7.38. The van der Waals surface area contributed by atoms with Crippen molar-refractivity contribution in [3.05, 3.63) is 95.7 Å². The summed E-state index contributed by atoms with van der Waals surface area (Å²) in [5.41, 5.74) is 4.56. The van der Waals surface area contributed by atoms with Crippen LogP contribution in [0.2, 0.25) is 0 Å². The van der Waals surface area contributed by atoms with E-state index in [0.717, 1.165) is 68.6 Å². The van der Waals surface area contributed by atoms with Crippen molar-refractivity contribution >= 4 is 33.4 Å². The van der Waals surface area contributed by atoms with E-state index in [4.69, 9.17) is 29.0 Å². The van der Waals surface area contributed by atoms with Gasteiger partial charge in [0.05, 0.1) is 19.3 Å². The number of carbonyl (C=O) groups excluding carboxylic acids is 2. The normalized spacial score (nSPS) is 20.8. The van der Waals surface area contributed by atoms with Crippen LogP contribution in [0.25, 0.3) is 0 Å². The number of nitrogens with two attached hydrogens (primary N) is 1. The van der Waals surface area contributed by atoms with E-state index in [2.05, 4.69) is 23.1 Å². The van der Waals surface area contributed by atoms with Crippen LogP contribution in [0.4, 0.5) is 5.82 Å². The van der Waals surface area contributed by atoms with Crippen LogP contribution in [-0.2, 0) is 46.3 Å². The first-order valence-corrected chi connectivity index (χ1v) is 25.9. The van der Waals surface area contributed by atoms with E-state index in [1.165, 1.54) is 6.07 Å². The maximum atomic E-state index is 12.8. The lowest BCUT2D eigenvalue weighted by Gasteiger charge is -2.21. The fourth-order valence-corrected chi connectivity index (χ4v) is 8.36. The summed E-state index contributed by atoms with van der Waals surface area (Å²) in [7, 11) is -10.9. The van der Waals surface area contributed by atoms with E-state index in [0.29, 0.717) is 31.6 Å². The molecule has 1 aromatic heterocycles. The van der Waals surface area contributed by atoms with Crippen molar-refractivity contribution in [2.24, 2.45) is 5.92 Å². The van der Waals surface area contributed by atoms with Crippen LogP contribution in [0.1, 0.15) is 123 Å². The monoisotopic (exact) mass is 985 g/mol. The highest BCUT2D eigenvalue weighted by Crippen LogP contribution is 2.60. The molecule has 2 rings (SSSR count). The van der Waals surface area contributed by atoms with Crippen LogP contribution in [0.3, 0.4) is 0 Å². The van der Waals surface area contributed by atoms with Crippen LogP contribution in [0.5, 0.6) is 0 Å². The topological polar surface area (TPSA) is 286 Å². The summed E-state index contributed by atoms with van der Waals surface area (Å²) in [6.07, 6.45) is 26.8. The van der Waals surface area contributed by atoms with Gasteiger partial charge in [-0.3, -0.25) is 23.2 Å². The fourth-order valence-electron chi connectivity index (χ4n) is 6.25. The first-order valence-electron chi connectivity index (χ1n) is 22.9. The van der Waals surface area contributed by atoms with Gasteiger partial charge in [-0.2, -0.15) is 9.29 Å². The molecule has 2 heterocycles. The Balaban J connectivity index is 1.84. The van der Waals surface area contributed by atoms with Crippen LogP contribution in [0.15, 0.2) is 90.0 Å². The van der Waals surface area contributed by atoms with Gasteiger partial charge in [-0.15, -0.1) is 0 Å². The molecule has 0 spiro atoms. The largest absolute Gasteiger partial charge is 0.481 e.